The number of hydrogen-bond donors (Lipinski definition) is 1. The van der Waals surface area contributed by atoms with Crippen LogP contribution in [0.15, 0.2) is 52.1 Å². The maximum absolute atomic E-state index is 12.1. The van der Waals surface area contributed by atoms with Gasteiger partial charge in [0.2, 0.25) is 11.8 Å². The third-order valence-corrected chi connectivity index (χ3v) is 4.46. The quantitative estimate of drug-likeness (QED) is 0.659. The van der Waals surface area contributed by atoms with E-state index in [1.807, 2.05) is 37.3 Å². The molecule has 0 spiro atoms. The molecule has 0 radical (unpaired) electrons. The number of hydrogen-bond acceptors (Lipinski definition) is 6. The molecule has 0 aliphatic heterocycles. The largest absolute Gasteiger partial charge is 0.411 e. The number of thioether (sulfide) groups is 1. The molecule has 1 amide bonds. The van der Waals surface area contributed by atoms with Gasteiger partial charge in [-0.15, -0.1) is 10.2 Å². The molecule has 130 valence electrons. The van der Waals surface area contributed by atoms with Crippen LogP contribution in [0.5, 0.6) is 0 Å². The Labute approximate surface area is 159 Å². The topological polar surface area (TPSA) is 91.8 Å². The molecule has 2 aromatic carbocycles. The molecule has 0 saturated heterocycles. The second-order valence-electron chi connectivity index (χ2n) is 5.38. The van der Waals surface area contributed by atoms with Gasteiger partial charge in [0.05, 0.1) is 17.0 Å². The van der Waals surface area contributed by atoms with E-state index in [0.29, 0.717) is 27.4 Å². The lowest BCUT2D eigenvalue weighted by atomic mass is 10.1. The summed E-state index contributed by atoms with van der Waals surface area (Å²) in [7, 11) is 0. The molecular formula is C18H13ClN4O2S. The van der Waals surface area contributed by atoms with Crippen molar-refractivity contribution in [3.63, 3.8) is 0 Å². The van der Waals surface area contributed by atoms with Crippen LogP contribution in [0.4, 0.5) is 5.69 Å². The second kappa shape index (κ2) is 8.04. The fraction of sp³-hybridized carbons (Fsp3) is 0.111. The molecule has 0 aliphatic rings. The van der Waals surface area contributed by atoms with Crippen LogP contribution in [0.2, 0.25) is 5.02 Å². The molecule has 1 heterocycles. The Kier molecular flexibility index (Phi) is 5.56. The number of aryl methyl sites for hydroxylation is 1. The number of carbonyl (C=O) groups excluding carboxylic acids is 1. The molecule has 0 saturated carbocycles. The van der Waals surface area contributed by atoms with Crippen molar-refractivity contribution in [1.29, 1.82) is 5.26 Å². The van der Waals surface area contributed by atoms with Gasteiger partial charge in [0, 0.05) is 10.6 Å². The molecule has 0 fully saturated rings. The van der Waals surface area contributed by atoms with E-state index in [0.717, 1.165) is 22.9 Å². The predicted octanol–water partition coefficient (Wildman–Crippen LogP) is 4.30. The van der Waals surface area contributed by atoms with Crippen LogP contribution in [0.25, 0.3) is 11.5 Å². The lowest BCUT2D eigenvalue weighted by Crippen LogP contribution is -2.15. The maximum Gasteiger partial charge on any atom is 0.277 e. The van der Waals surface area contributed by atoms with Gasteiger partial charge in [0.25, 0.3) is 5.22 Å². The summed E-state index contributed by atoms with van der Waals surface area (Å²) in [6.07, 6.45) is 0. The van der Waals surface area contributed by atoms with Crippen LogP contribution in [-0.2, 0) is 4.79 Å². The summed E-state index contributed by atoms with van der Waals surface area (Å²) in [6.45, 7) is 2.00. The molecule has 0 unspecified atom stereocenters. The van der Waals surface area contributed by atoms with Crippen molar-refractivity contribution >= 4 is 35.0 Å². The highest BCUT2D eigenvalue weighted by atomic mass is 35.5. The Bertz CT molecular complexity index is 980. The molecule has 0 bridgehead atoms. The minimum absolute atomic E-state index is 0.0624. The van der Waals surface area contributed by atoms with E-state index in [2.05, 4.69) is 15.5 Å². The number of amides is 1. The van der Waals surface area contributed by atoms with Crippen molar-refractivity contribution in [2.75, 3.05) is 11.1 Å². The number of aromatic nitrogens is 2. The molecule has 1 aromatic heterocycles. The summed E-state index contributed by atoms with van der Waals surface area (Å²) in [5.41, 5.74) is 2.66. The molecule has 26 heavy (non-hydrogen) atoms. The molecule has 0 atom stereocenters. The Morgan fingerprint density at radius 3 is 2.77 bits per heavy atom. The summed E-state index contributed by atoms with van der Waals surface area (Å²) in [6, 6.07) is 14.4. The Morgan fingerprint density at radius 1 is 1.27 bits per heavy atom. The summed E-state index contributed by atoms with van der Waals surface area (Å²) < 4.78 is 5.56. The van der Waals surface area contributed by atoms with Crippen LogP contribution >= 0.6 is 23.4 Å². The van der Waals surface area contributed by atoms with Gasteiger partial charge in [-0.2, -0.15) is 5.26 Å². The van der Waals surface area contributed by atoms with Crippen LogP contribution < -0.4 is 5.32 Å². The Morgan fingerprint density at radius 2 is 2.04 bits per heavy atom. The fourth-order valence-corrected chi connectivity index (χ4v) is 2.85. The number of nitrogens with one attached hydrogen (secondary N) is 1. The first-order valence-corrected chi connectivity index (χ1v) is 8.94. The fourth-order valence-electron chi connectivity index (χ4n) is 2.11. The van der Waals surface area contributed by atoms with Gasteiger partial charge in [-0.3, -0.25) is 4.79 Å². The number of nitriles is 1. The Hall–Kier alpha value is -2.82. The molecule has 6 nitrogen and oxygen atoms in total. The zero-order valence-corrected chi connectivity index (χ0v) is 15.3. The summed E-state index contributed by atoms with van der Waals surface area (Å²) >= 11 is 7.02. The number of halogens is 1. The average molecular weight is 385 g/mol. The third-order valence-electron chi connectivity index (χ3n) is 3.41. The van der Waals surface area contributed by atoms with E-state index < -0.39 is 0 Å². The second-order valence-corrected chi connectivity index (χ2v) is 6.74. The van der Waals surface area contributed by atoms with E-state index in [-0.39, 0.29) is 11.7 Å². The van der Waals surface area contributed by atoms with Gasteiger partial charge in [0.15, 0.2) is 0 Å². The molecule has 3 rings (SSSR count). The zero-order valence-electron chi connectivity index (χ0n) is 13.7. The molecular weight excluding hydrogens is 372 g/mol. The van der Waals surface area contributed by atoms with Crippen LogP contribution in [0.1, 0.15) is 11.1 Å². The summed E-state index contributed by atoms with van der Waals surface area (Å²) in [4.78, 5) is 12.1. The minimum atomic E-state index is -0.302. The van der Waals surface area contributed by atoms with E-state index in [1.165, 1.54) is 6.07 Å². The van der Waals surface area contributed by atoms with Crippen molar-refractivity contribution in [2.24, 2.45) is 0 Å². The highest BCUT2D eigenvalue weighted by Gasteiger charge is 2.12. The van der Waals surface area contributed by atoms with Gasteiger partial charge in [0.1, 0.15) is 6.07 Å². The van der Waals surface area contributed by atoms with Gasteiger partial charge in [-0.25, -0.2) is 0 Å². The highest BCUT2D eigenvalue weighted by molar-refractivity contribution is 7.99. The molecule has 8 heteroatoms. The normalized spacial score (nSPS) is 10.3. The average Bonchev–Trinajstić information content (AvgIpc) is 3.10. The van der Waals surface area contributed by atoms with Crippen LogP contribution in [-0.4, -0.2) is 21.9 Å². The standard InChI is InChI=1S/C18H13ClN4O2S/c1-11-2-4-12(5-3-11)17-22-23-18(25-17)26-10-16(24)21-15-8-14(19)7-6-13(15)9-20/h2-8H,10H2,1H3,(H,21,24). The zero-order chi connectivity index (χ0) is 18.5. The molecule has 3 aromatic rings. The predicted molar refractivity (Wildman–Crippen MR) is 100.0 cm³/mol. The van der Waals surface area contributed by atoms with Crippen molar-refractivity contribution < 1.29 is 9.21 Å². The first-order chi connectivity index (χ1) is 12.5. The maximum atomic E-state index is 12.1. The van der Waals surface area contributed by atoms with Crippen LogP contribution in [0, 0.1) is 18.3 Å². The summed E-state index contributed by atoms with van der Waals surface area (Å²) in [5, 5.41) is 20.4. The van der Waals surface area contributed by atoms with Crippen molar-refractivity contribution in [3.8, 4) is 17.5 Å². The number of anilines is 1. The van der Waals surface area contributed by atoms with Crippen LogP contribution in [0.3, 0.4) is 0 Å². The number of nitrogens with zero attached hydrogens (tertiary/aromatic N) is 3. The number of rotatable bonds is 5. The van der Waals surface area contributed by atoms with E-state index >= 15 is 0 Å². The van der Waals surface area contributed by atoms with E-state index in [1.54, 1.807) is 12.1 Å². The first kappa shape index (κ1) is 18.0. The van der Waals surface area contributed by atoms with Gasteiger partial charge >= 0.3 is 0 Å². The smallest absolute Gasteiger partial charge is 0.277 e. The van der Waals surface area contributed by atoms with Gasteiger partial charge in [-0.1, -0.05) is 41.1 Å². The van der Waals surface area contributed by atoms with Crippen molar-refractivity contribution in [1.82, 2.24) is 10.2 Å². The molecule has 0 aliphatic carbocycles. The number of benzene rings is 2. The SMILES string of the molecule is Cc1ccc(-c2nnc(SCC(=O)Nc3cc(Cl)ccc3C#N)o2)cc1. The van der Waals surface area contributed by atoms with Crippen molar-refractivity contribution in [3.05, 3.63) is 58.6 Å². The van der Waals surface area contributed by atoms with E-state index in [9.17, 15) is 4.79 Å². The van der Waals surface area contributed by atoms with Gasteiger partial charge in [-0.05, 0) is 37.3 Å². The highest BCUT2D eigenvalue weighted by Crippen LogP contribution is 2.24. The third kappa shape index (κ3) is 4.42. The lowest BCUT2D eigenvalue weighted by Gasteiger charge is -2.06. The molecule has 1 N–H and O–H groups in total. The van der Waals surface area contributed by atoms with E-state index in [4.69, 9.17) is 21.3 Å². The summed E-state index contributed by atoms with van der Waals surface area (Å²) in [5.74, 6) is 0.158. The minimum Gasteiger partial charge on any atom is -0.411 e. The first-order valence-electron chi connectivity index (χ1n) is 7.58. The van der Waals surface area contributed by atoms with Gasteiger partial charge < -0.3 is 9.73 Å². The van der Waals surface area contributed by atoms with Crippen molar-refractivity contribution in [2.45, 2.75) is 12.1 Å². The lowest BCUT2D eigenvalue weighted by molar-refractivity contribution is -0.113. The Balaban J connectivity index is 1.61. The monoisotopic (exact) mass is 384 g/mol. The number of carbonyl (C=O) groups is 1.